The van der Waals surface area contributed by atoms with Gasteiger partial charge in [0.25, 0.3) is 8.32 Å². The van der Waals surface area contributed by atoms with Crippen LogP contribution in [0.25, 0.3) is 0 Å². The molecule has 0 aromatic heterocycles. The zero-order chi connectivity index (χ0) is 21.9. The van der Waals surface area contributed by atoms with E-state index in [1.165, 1.54) is 0 Å². The Bertz CT molecular complexity index is 792. The summed E-state index contributed by atoms with van der Waals surface area (Å²) in [6, 6.07) is 20.4. The zero-order valence-corrected chi connectivity index (χ0v) is 19.4. The Morgan fingerprint density at radius 3 is 1.97 bits per heavy atom. The van der Waals surface area contributed by atoms with Crippen molar-refractivity contribution in [3.8, 4) is 0 Å². The fourth-order valence-electron chi connectivity index (χ4n) is 4.12. The van der Waals surface area contributed by atoms with Crippen LogP contribution >= 0.6 is 0 Å². The van der Waals surface area contributed by atoms with Crippen LogP contribution in [0, 0.1) is 0 Å². The summed E-state index contributed by atoms with van der Waals surface area (Å²) in [4.78, 5) is 12.4. The summed E-state index contributed by atoms with van der Waals surface area (Å²) in [5, 5.41) is 12.9. The molecule has 30 heavy (non-hydrogen) atoms. The maximum atomic E-state index is 12.4. The first kappa shape index (κ1) is 22.7. The lowest BCUT2D eigenvalue weighted by Crippen LogP contribution is -2.68. The Kier molecular flexibility index (Phi) is 6.82. The lowest BCUT2D eigenvalue weighted by Gasteiger charge is -2.44. The van der Waals surface area contributed by atoms with Crippen LogP contribution in [0.1, 0.15) is 34.6 Å². The molecule has 1 N–H and O–H groups in total. The Morgan fingerprint density at radius 1 is 1.03 bits per heavy atom. The minimum atomic E-state index is -2.84. The number of rotatable bonds is 6. The molecule has 2 aromatic carbocycles. The van der Waals surface area contributed by atoms with Crippen LogP contribution in [0.15, 0.2) is 60.7 Å². The fraction of sp³-hybridized carbons (Fsp3) is 0.458. The molecule has 1 aliphatic heterocycles. The van der Waals surface area contributed by atoms with E-state index in [1.54, 1.807) is 13.8 Å². The standard InChI is InChI=1S/C24H32O5Si/c1-17(2)28-23(26)22-21(25)20(16-27-22)29-30(24(3,4)5,18-12-8-6-9-13-18)19-14-10-7-11-15-19/h6-15,17,20-22,25H,16H2,1-5H3/t20-,21-,22-/m0/s1. The first-order valence-corrected chi connectivity index (χ1v) is 12.4. The van der Waals surface area contributed by atoms with E-state index < -0.39 is 32.6 Å². The van der Waals surface area contributed by atoms with Crippen LogP contribution < -0.4 is 10.4 Å². The molecule has 1 saturated heterocycles. The van der Waals surface area contributed by atoms with Gasteiger partial charge in [-0.25, -0.2) is 4.79 Å². The lowest BCUT2D eigenvalue weighted by atomic mass is 10.1. The molecular weight excluding hydrogens is 396 g/mol. The summed E-state index contributed by atoms with van der Waals surface area (Å²) >= 11 is 0. The number of aliphatic hydroxyl groups is 1. The minimum absolute atomic E-state index is 0.142. The van der Waals surface area contributed by atoms with Crippen LogP contribution in [0.5, 0.6) is 0 Å². The Morgan fingerprint density at radius 2 is 1.53 bits per heavy atom. The lowest BCUT2D eigenvalue weighted by molar-refractivity contribution is -0.162. The number of benzene rings is 2. The summed E-state index contributed by atoms with van der Waals surface area (Å²) in [6.45, 7) is 10.2. The number of carbonyl (C=O) groups excluding carboxylic acids is 1. The van der Waals surface area contributed by atoms with Gasteiger partial charge in [0, 0.05) is 0 Å². The average molecular weight is 429 g/mol. The van der Waals surface area contributed by atoms with Gasteiger partial charge in [-0.3, -0.25) is 0 Å². The van der Waals surface area contributed by atoms with Crippen molar-refractivity contribution in [3.05, 3.63) is 60.7 Å². The number of hydrogen-bond acceptors (Lipinski definition) is 5. The largest absolute Gasteiger partial charge is 0.461 e. The number of ether oxygens (including phenoxy) is 2. The van der Waals surface area contributed by atoms with Gasteiger partial charge in [0.2, 0.25) is 0 Å². The maximum absolute atomic E-state index is 12.4. The van der Waals surface area contributed by atoms with Gasteiger partial charge in [-0.2, -0.15) is 0 Å². The van der Waals surface area contributed by atoms with Gasteiger partial charge in [-0.15, -0.1) is 0 Å². The number of esters is 1. The van der Waals surface area contributed by atoms with Gasteiger partial charge in [0.1, 0.15) is 6.10 Å². The van der Waals surface area contributed by atoms with Crippen molar-refractivity contribution in [2.75, 3.05) is 6.61 Å². The van der Waals surface area contributed by atoms with E-state index >= 15 is 0 Å². The first-order valence-electron chi connectivity index (χ1n) is 10.5. The molecule has 0 aliphatic carbocycles. The third-order valence-corrected chi connectivity index (χ3v) is 10.5. The molecule has 3 rings (SSSR count). The van der Waals surface area contributed by atoms with E-state index in [0.717, 1.165) is 10.4 Å². The molecule has 0 spiro atoms. The van der Waals surface area contributed by atoms with Crippen LogP contribution in [0.3, 0.4) is 0 Å². The van der Waals surface area contributed by atoms with Crippen molar-refractivity contribution in [2.45, 2.75) is 64.1 Å². The van der Waals surface area contributed by atoms with Crippen molar-refractivity contribution >= 4 is 24.7 Å². The predicted molar refractivity (Wildman–Crippen MR) is 119 cm³/mol. The van der Waals surface area contributed by atoms with E-state index in [1.807, 2.05) is 36.4 Å². The molecule has 0 saturated carbocycles. The highest BCUT2D eigenvalue weighted by Gasteiger charge is 2.54. The van der Waals surface area contributed by atoms with E-state index in [4.69, 9.17) is 13.9 Å². The second-order valence-corrected chi connectivity index (χ2v) is 13.3. The normalized spacial score (nSPS) is 22.3. The first-order chi connectivity index (χ1) is 14.2. The second kappa shape index (κ2) is 9.02. The number of aliphatic hydroxyl groups excluding tert-OH is 1. The molecule has 0 unspecified atom stereocenters. The van der Waals surface area contributed by atoms with Crippen molar-refractivity contribution in [3.63, 3.8) is 0 Å². The zero-order valence-electron chi connectivity index (χ0n) is 18.4. The van der Waals surface area contributed by atoms with Crippen molar-refractivity contribution in [1.29, 1.82) is 0 Å². The van der Waals surface area contributed by atoms with E-state index in [9.17, 15) is 9.90 Å². The Balaban J connectivity index is 2.01. The smallest absolute Gasteiger partial charge is 0.338 e. The molecule has 1 heterocycles. The van der Waals surface area contributed by atoms with Crippen molar-refractivity contribution in [1.82, 2.24) is 0 Å². The van der Waals surface area contributed by atoms with Crippen molar-refractivity contribution in [2.24, 2.45) is 0 Å². The van der Waals surface area contributed by atoms with Crippen LogP contribution in [-0.2, 0) is 18.7 Å². The molecule has 2 aromatic rings. The van der Waals surface area contributed by atoms with Crippen LogP contribution in [-0.4, -0.2) is 50.4 Å². The highest BCUT2D eigenvalue weighted by molar-refractivity contribution is 6.99. The summed E-state index contributed by atoms with van der Waals surface area (Å²) in [6.07, 6.45) is -3.01. The van der Waals surface area contributed by atoms with Gasteiger partial charge in [0.15, 0.2) is 6.10 Å². The molecule has 0 bridgehead atoms. The van der Waals surface area contributed by atoms with E-state index in [2.05, 4.69) is 45.0 Å². The average Bonchev–Trinajstić information content (AvgIpc) is 3.06. The van der Waals surface area contributed by atoms with Crippen LogP contribution in [0.4, 0.5) is 0 Å². The number of carbonyl (C=O) groups is 1. The summed E-state index contributed by atoms with van der Waals surface area (Å²) < 4.78 is 17.8. The summed E-state index contributed by atoms with van der Waals surface area (Å²) in [5.74, 6) is -0.550. The third-order valence-electron chi connectivity index (χ3n) is 5.46. The van der Waals surface area contributed by atoms with Gasteiger partial charge in [0.05, 0.1) is 18.8 Å². The van der Waals surface area contributed by atoms with Gasteiger partial charge in [-0.1, -0.05) is 81.4 Å². The molecule has 5 nitrogen and oxygen atoms in total. The molecule has 1 aliphatic rings. The van der Waals surface area contributed by atoms with E-state index in [-0.39, 0.29) is 17.7 Å². The highest BCUT2D eigenvalue weighted by atomic mass is 28.4. The fourth-order valence-corrected chi connectivity index (χ4v) is 8.80. The molecule has 3 atom stereocenters. The number of hydrogen-bond donors (Lipinski definition) is 1. The van der Waals surface area contributed by atoms with Gasteiger partial charge in [-0.05, 0) is 29.3 Å². The molecular formula is C24H32O5Si. The van der Waals surface area contributed by atoms with Gasteiger partial charge >= 0.3 is 5.97 Å². The van der Waals surface area contributed by atoms with Crippen LogP contribution in [0.2, 0.25) is 5.04 Å². The van der Waals surface area contributed by atoms with Crippen molar-refractivity contribution < 1.29 is 23.8 Å². The summed E-state index contributed by atoms with van der Waals surface area (Å²) in [7, 11) is -2.84. The topological polar surface area (TPSA) is 65.0 Å². The predicted octanol–water partition coefficient (Wildman–Crippen LogP) is 2.64. The Hall–Kier alpha value is -1.99. The molecule has 6 heteroatoms. The summed E-state index contributed by atoms with van der Waals surface area (Å²) in [5.41, 5.74) is 0. The molecule has 0 radical (unpaired) electrons. The highest BCUT2D eigenvalue weighted by Crippen LogP contribution is 2.38. The maximum Gasteiger partial charge on any atom is 0.338 e. The monoisotopic (exact) mass is 428 g/mol. The van der Waals surface area contributed by atoms with Gasteiger partial charge < -0.3 is 19.0 Å². The SMILES string of the molecule is CC(C)OC(=O)[C@H]1OC[C@H](O[Si](c2ccccc2)(c2ccccc2)C(C)(C)C)[C@@H]1O. The van der Waals surface area contributed by atoms with E-state index in [0.29, 0.717) is 0 Å². The minimum Gasteiger partial charge on any atom is -0.461 e. The molecule has 1 fully saturated rings. The molecule has 162 valence electrons. The quantitative estimate of drug-likeness (QED) is 0.566. The Labute approximate surface area is 180 Å². The molecule has 0 amide bonds. The third kappa shape index (κ3) is 4.37. The second-order valence-electron chi connectivity index (χ2n) is 9.05.